The molecule has 0 saturated heterocycles. The molecule has 5 nitrogen and oxygen atoms in total. The van der Waals surface area contributed by atoms with Gasteiger partial charge in [-0.05, 0) is 24.6 Å². The summed E-state index contributed by atoms with van der Waals surface area (Å²) in [6.45, 7) is 4.75. The van der Waals surface area contributed by atoms with E-state index in [9.17, 15) is 13.0 Å². The van der Waals surface area contributed by atoms with Crippen LogP contribution in [0, 0.1) is 6.92 Å². The van der Waals surface area contributed by atoms with Gasteiger partial charge in [-0.25, -0.2) is 17.6 Å². The molecule has 0 N–H and O–H groups in total. The fraction of sp³-hybridized carbons (Fsp3) is 0.167. The Labute approximate surface area is 167 Å². The fourth-order valence-corrected chi connectivity index (χ4v) is 3.41. The monoisotopic (exact) mass is 417 g/mol. The van der Waals surface area contributed by atoms with Crippen LogP contribution >= 0.6 is 7.23 Å². The highest BCUT2D eigenvalue weighted by atomic mass is 32.4. The third-order valence-corrected chi connectivity index (χ3v) is 5.25. The topological polar surface area (TPSA) is 66.0 Å². The molecule has 139 valence electrons. The number of benzene rings is 2. The van der Waals surface area contributed by atoms with Gasteiger partial charge >= 0.3 is 0 Å². The molecule has 0 saturated carbocycles. The van der Waals surface area contributed by atoms with Gasteiger partial charge in [-0.3, -0.25) is 0 Å². The van der Waals surface area contributed by atoms with E-state index < -0.39 is 10.1 Å². The summed E-state index contributed by atoms with van der Waals surface area (Å²) >= 11 is 4.88. The third kappa shape index (κ3) is 7.35. The second-order valence-corrected chi connectivity index (χ2v) is 8.48. The van der Waals surface area contributed by atoms with Crippen molar-refractivity contribution in [3.63, 3.8) is 0 Å². The van der Waals surface area contributed by atoms with E-state index in [0.717, 1.165) is 19.3 Å². The van der Waals surface area contributed by atoms with E-state index >= 15 is 0 Å². The summed E-state index contributed by atoms with van der Waals surface area (Å²) in [6.07, 6.45) is 6.18. The van der Waals surface area contributed by atoms with Crippen LogP contribution in [-0.4, -0.2) is 24.5 Å². The lowest BCUT2D eigenvalue weighted by molar-refractivity contribution is -0.671. The Bertz CT molecular complexity index is 988. The molecule has 0 unspecified atom stereocenters. The lowest BCUT2D eigenvalue weighted by Crippen LogP contribution is -2.23. The summed E-state index contributed by atoms with van der Waals surface area (Å²) in [7, 11) is -1.36. The second-order valence-electron chi connectivity index (χ2n) is 5.99. The van der Waals surface area contributed by atoms with Gasteiger partial charge in [0.1, 0.15) is 29.1 Å². The zero-order chi connectivity index (χ0) is 19.9. The van der Waals surface area contributed by atoms with Crippen LogP contribution in [0.15, 0.2) is 72.1 Å². The highest BCUT2D eigenvalue weighted by Crippen LogP contribution is 2.08. The SMILES string of the molecule is C[n+]1ccn(Cc2ccc([B]P=S)cc2)c1.Cc1ccc(S(=O)(=O)[O-])cc1. The van der Waals surface area contributed by atoms with Gasteiger partial charge < -0.3 is 4.55 Å². The Hall–Kier alpha value is -1.86. The predicted octanol–water partition coefficient (Wildman–Crippen LogP) is 1.91. The minimum absolute atomic E-state index is 0.178. The van der Waals surface area contributed by atoms with Crippen molar-refractivity contribution in [2.75, 3.05) is 0 Å². The van der Waals surface area contributed by atoms with Gasteiger partial charge in [-0.1, -0.05) is 66.5 Å². The Morgan fingerprint density at radius 2 is 1.78 bits per heavy atom. The molecule has 9 heteroatoms. The first-order valence-electron chi connectivity index (χ1n) is 8.06. The van der Waals surface area contributed by atoms with Crippen LogP contribution in [0.25, 0.3) is 0 Å². The van der Waals surface area contributed by atoms with Crippen molar-refractivity contribution in [2.45, 2.75) is 18.4 Å². The van der Waals surface area contributed by atoms with Gasteiger partial charge in [0.2, 0.25) is 13.3 Å². The van der Waals surface area contributed by atoms with Crippen LogP contribution in [0.5, 0.6) is 0 Å². The van der Waals surface area contributed by atoms with Crippen LogP contribution < -0.4 is 10.0 Å². The van der Waals surface area contributed by atoms with Gasteiger partial charge in [0.15, 0.2) is 0 Å². The van der Waals surface area contributed by atoms with Gasteiger partial charge in [-0.15, -0.1) is 0 Å². The highest BCUT2D eigenvalue weighted by Gasteiger charge is 2.02. The summed E-state index contributed by atoms with van der Waals surface area (Å²) in [6, 6.07) is 14.3. The average Bonchev–Trinajstić information content (AvgIpc) is 3.02. The Balaban J connectivity index is 0.000000208. The normalized spacial score (nSPS) is 10.9. The van der Waals surface area contributed by atoms with Crippen LogP contribution in [0.2, 0.25) is 0 Å². The highest BCUT2D eigenvalue weighted by molar-refractivity contribution is 8.09. The summed E-state index contributed by atoms with van der Waals surface area (Å²) in [5.74, 6) is 0. The van der Waals surface area contributed by atoms with E-state index in [-0.39, 0.29) is 4.90 Å². The molecule has 2 aromatic carbocycles. The maximum Gasteiger partial charge on any atom is 0.243 e. The summed E-state index contributed by atoms with van der Waals surface area (Å²) in [5, 5.41) is 0. The molecule has 0 amide bonds. The average molecular weight is 417 g/mol. The summed E-state index contributed by atoms with van der Waals surface area (Å²) < 4.78 is 35.4. The standard InChI is InChI=1S/C11H12BN2PS.C7H8O3S/c1-13-6-7-14(9-13)8-10-2-4-11(5-3-10)12-15-16;1-6-2-4-7(5-3-6)11(8,9)10/h2-7,9H,8H2,1H3;2-5H,1H3,(H,8,9,10)/q+1;/p-1. The molecule has 0 aliphatic heterocycles. The maximum absolute atomic E-state index is 10.4. The lowest BCUT2D eigenvalue weighted by Gasteiger charge is -2.05. The number of aryl methyl sites for hydroxylation is 2. The number of aromatic nitrogens is 2. The van der Waals surface area contributed by atoms with Crippen molar-refractivity contribution >= 4 is 41.6 Å². The van der Waals surface area contributed by atoms with Crippen molar-refractivity contribution in [3.05, 3.63) is 78.4 Å². The van der Waals surface area contributed by atoms with Crippen molar-refractivity contribution in [3.8, 4) is 0 Å². The molecule has 0 fully saturated rings. The molecule has 1 radical (unpaired) electrons. The molecule has 3 aromatic rings. The van der Waals surface area contributed by atoms with E-state index in [2.05, 4.69) is 41.4 Å². The molecule has 0 bridgehead atoms. The van der Waals surface area contributed by atoms with Crippen LogP contribution in [0.3, 0.4) is 0 Å². The van der Waals surface area contributed by atoms with Gasteiger partial charge in [0.05, 0.1) is 11.9 Å². The Morgan fingerprint density at radius 1 is 1.15 bits per heavy atom. The van der Waals surface area contributed by atoms with Crippen molar-refractivity contribution in [1.82, 2.24) is 4.57 Å². The molecular weight excluding hydrogens is 398 g/mol. The van der Waals surface area contributed by atoms with Gasteiger partial charge in [0, 0.05) is 0 Å². The van der Waals surface area contributed by atoms with Gasteiger partial charge in [0.25, 0.3) is 0 Å². The first-order valence-corrected chi connectivity index (χ1v) is 11.4. The van der Waals surface area contributed by atoms with E-state index in [0.29, 0.717) is 0 Å². The first kappa shape index (κ1) is 21.4. The fourth-order valence-electron chi connectivity index (χ4n) is 2.28. The molecule has 27 heavy (non-hydrogen) atoms. The zero-order valence-electron chi connectivity index (χ0n) is 15.0. The Kier molecular flexibility index (Phi) is 7.86. The number of hydrogen-bond acceptors (Lipinski definition) is 4. The second kappa shape index (κ2) is 9.90. The van der Waals surface area contributed by atoms with Gasteiger partial charge in [-0.2, -0.15) is 0 Å². The summed E-state index contributed by atoms with van der Waals surface area (Å²) in [4.78, 5) is -0.178. The molecule has 3 rings (SSSR count). The first-order chi connectivity index (χ1) is 12.8. The Morgan fingerprint density at radius 3 is 2.26 bits per heavy atom. The van der Waals surface area contributed by atoms with Crippen LogP contribution in [0.1, 0.15) is 11.1 Å². The number of imidazole rings is 1. The van der Waals surface area contributed by atoms with E-state index in [4.69, 9.17) is 11.8 Å². The summed E-state index contributed by atoms with van der Waals surface area (Å²) in [5.41, 5.74) is 3.42. The minimum atomic E-state index is -4.27. The minimum Gasteiger partial charge on any atom is -0.744 e. The smallest absolute Gasteiger partial charge is 0.243 e. The van der Waals surface area contributed by atoms with Crippen LogP contribution in [-0.2, 0) is 35.5 Å². The van der Waals surface area contributed by atoms with Crippen molar-refractivity contribution in [2.24, 2.45) is 7.05 Å². The largest absolute Gasteiger partial charge is 0.744 e. The van der Waals surface area contributed by atoms with Crippen molar-refractivity contribution < 1.29 is 17.5 Å². The molecule has 0 aliphatic carbocycles. The third-order valence-electron chi connectivity index (χ3n) is 3.68. The number of nitrogens with zero attached hydrogens (tertiary/aromatic N) is 2. The number of hydrogen-bond donors (Lipinski definition) is 0. The van der Waals surface area contributed by atoms with E-state index in [1.807, 2.05) is 31.7 Å². The van der Waals surface area contributed by atoms with E-state index in [1.54, 1.807) is 12.1 Å². The molecule has 0 aliphatic rings. The van der Waals surface area contributed by atoms with Crippen LogP contribution in [0.4, 0.5) is 0 Å². The predicted molar refractivity (Wildman–Crippen MR) is 110 cm³/mol. The quantitative estimate of drug-likeness (QED) is 0.275. The maximum atomic E-state index is 10.4. The molecule has 1 aromatic heterocycles. The lowest BCUT2D eigenvalue weighted by atomic mass is 9.93. The van der Waals surface area contributed by atoms with E-state index in [1.165, 1.54) is 23.2 Å². The number of rotatable bonds is 5. The zero-order valence-corrected chi connectivity index (χ0v) is 17.5. The molecule has 1 heterocycles. The van der Waals surface area contributed by atoms with Crippen molar-refractivity contribution in [1.29, 1.82) is 0 Å². The molecular formula is C18H19BN2O3PS2. The molecule has 0 spiro atoms. The molecule has 0 atom stereocenters.